The summed E-state index contributed by atoms with van der Waals surface area (Å²) >= 11 is 0. The van der Waals surface area contributed by atoms with Crippen LogP contribution in [0.3, 0.4) is 0 Å². The molecule has 1 aliphatic heterocycles. The van der Waals surface area contributed by atoms with Crippen LogP contribution in [-0.2, 0) is 0 Å². The first-order chi connectivity index (χ1) is 7.76. The SMILES string of the molecule is CCC1(CNC(=O)N2CCCC2)CCCC1. The lowest BCUT2D eigenvalue weighted by molar-refractivity contribution is 0.196. The Morgan fingerprint density at radius 2 is 1.81 bits per heavy atom. The van der Waals surface area contributed by atoms with E-state index in [-0.39, 0.29) is 6.03 Å². The van der Waals surface area contributed by atoms with Crippen LogP contribution in [0.2, 0.25) is 0 Å². The molecule has 0 atom stereocenters. The zero-order valence-electron chi connectivity index (χ0n) is 10.4. The first-order valence-corrected chi connectivity index (χ1v) is 6.79. The van der Waals surface area contributed by atoms with E-state index >= 15 is 0 Å². The van der Waals surface area contributed by atoms with Gasteiger partial charge in [0, 0.05) is 19.6 Å². The van der Waals surface area contributed by atoms with Crippen LogP contribution >= 0.6 is 0 Å². The number of amides is 2. The second-order valence-corrected chi connectivity index (χ2v) is 5.41. The number of nitrogens with one attached hydrogen (secondary N) is 1. The van der Waals surface area contributed by atoms with Crippen molar-refractivity contribution in [1.82, 2.24) is 10.2 Å². The van der Waals surface area contributed by atoms with E-state index in [9.17, 15) is 4.79 Å². The lowest BCUT2D eigenvalue weighted by Crippen LogP contribution is -2.43. The summed E-state index contributed by atoms with van der Waals surface area (Å²) in [5.41, 5.74) is 0.412. The van der Waals surface area contributed by atoms with E-state index in [0.29, 0.717) is 5.41 Å². The maximum absolute atomic E-state index is 11.9. The highest BCUT2D eigenvalue weighted by Crippen LogP contribution is 2.40. The summed E-state index contributed by atoms with van der Waals surface area (Å²) in [6.45, 7) is 5.04. The standard InChI is InChI=1S/C13H24N2O/c1-2-13(7-3-4-8-13)11-14-12(16)15-9-5-6-10-15/h2-11H2,1H3,(H,14,16). The summed E-state index contributed by atoms with van der Waals surface area (Å²) in [4.78, 5) is 13.8. The number of likely N-dealkylation sites (tertiary alicyclic amines) is 1. The minimum absolute atomic E-state index is 0.164. The lowest BCUT2D eigenvalue weighted by Gasteiger charge is -2.29. The zero-order chi connectivity index (χ0) is 11.4. The summed E-state index contributed by atoms with van der Waals surface area (Å²) in [5.74, 6) is 0. The molecule has 92 valence electrons. The number of hydrogen-bond donors (Lipinski definition) is 1. The van der Waals surface area contributed by atoms with Crippen molar-refractivity contribution in [2.45, 2.75) is 51.9 Å². The van der Waals surface area contributed by atoms with Crippen LogP contribution < -0.4 is 5.32 Å². The quantitative estimate of drug-likeness (QED) is 0.785. The van der Waals surface area contributed by atoms with Gasteiger partial charge in [0.2, 0.25) is 0 Å². The third-order valence-electron chi connectivity index (χ3n) is 4.42. The van der Waals surface area contributed by atoms with Gasteiger partial charge >= 0.3 is 6.03 Å². The molecular weight excluding hydrogens is 200 g/mol. The van der Waals surface area contributed by atoms with Crippen molar-refractivity contribution in [3.8, 4) is 0 Å². The zero-order valence-corrected chi connectivity index (χ0v) is 10.4. The molecule has 0 bridgehead atoms. The van der Waals surface area contributed by atoms with Crippen molar-refractivity contribution < 1.29 is 4.79 Å². The van der Waals surface area contributed by atoms with Crippen LogP contribution in [0, 0.1) is 5.41 Å². The van der Waals surface area contributed by atoms with E-state index < -0.39 is 0 Å². The van der Waals surface area contributed by atoms with E-state index in [1.165, 1.54) is 44.9 Å². The third kappa shape index (κ3) is 2.50. The van der Waals surface area contributed by atoms with Gasteiger partial charge in [-0.15, -0.1) is 0 Å². The maximum atomic E-state index is 11.9. The second kappa shape index (κ2) is 5.07. The smallest absolute Gasteiger partial charge is 0.317 e. The Hall–Kier alpha value is -0.730. The minimum atomic E-state index is 0.164. The molecule has 1 N–H and O–H groups in total. The molecule has 2 rings (SSSR count). The van der Waals surface area contributed by atoms with Gasteiger partial charge in [-0.2, -0.15) is 0 Å². The third-order valence-corrected chi connectivity index (χ3v) is 4.42. The fourth-order valence-electron chi connectivity index (χ4n) is 3.08. The van der Waals surface area contributed by atoms with Crippen LogP contribution in [0.4, 0.5) is 4.79 Å². The summed E-state index contributed by atoms with van der Waals surface area (Å²) in [6.07, 6.45) is 8.82. The molecule has 0 spiro atoms. The molecule has 3 heteroatoms. The van der Waals surface area contributed by atoms with Gasteiger partial charge < -0.3 is 10.2 Å². The Labute approximate surface area is 98.6 Å². The van der Waals surface area contributed by atoms with Crippen molar-refractivity contribution >= 4 is 6.03 Å². The van der Waals surface area contributed by atoms with Crippen LogP contribution in [0.15, 0.2) is 0 Å². The van der Waals surface area contributed by atoms with Crippen LogP contribution in [0.1, 0.15) is 51.9 Å². The van der Waals surface area contributed by atoms with Crippen LogP contribution in [0.5, 0.6) is 0 Å². The number of rotatable bonds is 3. The van der Waals surface area contributed by atoms with Gasteiger partial charge in [-0.25, -0.2) is 4.79 Å². The average molecular weight is 224 g/mol. The number of carbonyl (C=O) groups excluding carboxylic acids is 1. The summed E-state index contributed by atoms with van der Waals surface area (Å²) < 4.78 is 0. The summed E-state index contributed by atoms with van der Waals surface area (Å²) in [5, 5.41) is 3.15. The summed E-state index contributed by atoms with van der Waals surface area (Å²) in [6, 6.07) is 0.164. The Morgan fingerprint density at radius 3 is 2.38 bits per heavy atom. The van der Waals surface area contributed by atoms with E-state index in [2.05, 4.69) is 12.2 Å². The average Bonchev–Trinajstić information content (AvgIpc) is 2.98. The molecule has 2 amide bonds. The number of nitrogens with zero attached hydrogens (tertiary/aromatic N) is 1. The Balaban J connectivity index is 1.79. The lowest BCUT2D eigenvalue weighted by atomic mass is 9.83. The van der Waals surface area contributed by atoms with Crippen molar-refractivity contribution in [1.29, 1.82) is 0 Å². The van der Waals surface area contributed by atoms with Gasteiger partial charge in [-0.1, -0.05) is 19.8 Å². The first kappa shape index (κ1) is 11.7. The van der Waals surface area contributed by atoms with E-state index in [0.717, 1.165) is 19.6 Å². The Kier molecular flexibility index (Phi) is 3.72. The molecule has 0 radical (unpaired) electrons. The highest BCUT2D eigenvalue weighted by atomic mass is 16.2. The fourth-order valence-corrected chi connectivity index (χ4v) is 3.08. The molecule has 1 saturated carbocycles. The van der Waals surface area contributed by atoms with Gasteiger partial charge in [0.15, 0.2) is 0 Å². The predicted octanol–water partition coefficient (Wildman–Crippen LogP) is 2.76. The van der Waals surface area contributed by atoms with Gasteiger partial charge in [0.05, 0.1) is 0 Å². The summed E-state index contributed by atoms with van der Waals surface area (Å²) in [7, 11) is 0. The monoisotopic (exact) mass is 224 g/mol. The van der Waals surface area contributed by atoms with Crippen molar-refractivity contribution in [2.24, 2.45) is 5.41 Å². The van der Waals surface area contributed by atoms with E-state index in [1.54, 1.807) is 0 Å². The molecular formula is C13H24N2O. The van der Waals surface area contributed by atoms with Gasteiger partial charge in [-0.3, -0.25) is 0 Å². The van der Waals surface area contributed by atoms with Gasteiger partial charge in [-0.05, 0) is 37.5 Å². The number of carbonyl (C=O) groups is 1. The van der Waals surface area contributed by atoms with Crippen LogP contribution in [-0.4, -0.2) is 30.6 Å². The highest BCUT2D eigenvalue weighted by molar-refractivity contribution is 5.74. The molecule has 0 unspecified atom stereocenters. The molecule has 2 aliphatic rings. The highest BCUT2D eigenvalue weighted by Gasteiger charge is 2.32. The van der Waals surface area contributed by atoms with E-state index in [1.807, 2.05) is 4.90 Å². The predicted molar refractivity (Wildman–Crippen MR) is 65.4 cm³/mol. The molecule has 2 fully saturated rings. The Bertz CT molecular complexity index is 240. The van der Waals surface area contributed by atoms with Gasteiger partial charge in [0.1, 0.15) is 0 Å². The normalized spacial score (nSPS) is 23.7. The van der Waals surface area contributed by atoms with Gasteiger partial charge in [0.25, 0.3) is 0 Å². The first-order valence-electron chi connectivity index (χ1n) is 6.79. The number of urea groups is 1. The van der Waals surface area contributed by atoms with Crippen molar-refractivity contribution in [2.75, 3.05) is 19.6 Å². The topological polar surface area (TPSA) is 32.3 Å². The molecule has 0 aromatic heterocycles. The molecule has 1 saturated heterocycles. The second-order valence-electron chi connectivity index (χ2n) is 5.41. The Morgan fingerprint density at radius 1 is 1.19 bits per heavy atom. The molecule has 16 heavy (non-hydrogen) atoms. The maximum Gasteiger partial charge on any atom is 0.317 e. The van der Waals surface area contributed by atoms with Crippen molar-refractivity contribution in [3.05, 3.63) is 0 Å². The van der Waals surface area contributed by atoms with Crippen LogP contribution in [0.25, 0.3) is 0 Å². The molecule has 0 aromatic carbocycles. The largest absolute Gasteiger partial charge is 0.337 e. The number of hydrogen-bond acceptors (Lipinski definition) is 1. The molecule has 0 aromatic rings. The van der Waals surface area contributed by atoms with E-state index in [4.69, 9.17) is 0 Å². The fraction of sp³-hybridized carbons (Fsp3) is 0.923. The minimum Gasteiger partial charge on any atom is -0.337 e. The molecule has 3 nitrogen and oxygen atoms in total. The molecule has 1 heterocycles. The molecule has 1 aliphatic carbocycles. The van der Waals surface area contributed by atoms with Crippen molar-refractivity contribution in [3.63, 3.8) is 0 Å².